The monoisotopic (exact) mass is 259 g/mol. The number of nitrogens with zero attached hydrogens (tertiary/aromatic N) is 2. The predicted octanol–water partition coefficient (Wildman–Crippen LogP) is 2.09. The van der Waals surface area contributed by atoms with Gasteiger partial charge in [0, 0.05) is 5.92 Å². The topological polar surface area (TPSA) is 77.3 Å². The standard InChI is InChI=1S/C13H13N3O3/c1-18-10-5-3-2-4-9(10)12-15-16-13(19-12)14-11(17)8-6-7-8/h2-5,8H,6-7H2,1H3,(H,14,16,17). The fourth-order valence-corrected chi connectivity index (χ4v) is 1.76. The lowest BCUT2D eigenvalue weighted by Crippen LogP contribution is -2.13. The molecule has 0 radical (unpaired) electrons. The molecule has 1 saturated carbocycles. The first-order valence-electron chi connectivity index (χ1n) is 6.05. The maximum Gasteiger partial charge on any atom is 0.322 e. The molecule has 1 heterocycles. The van der Waals surface area contributed by atoms with Crippen molar-refractivity contribution in [2.75, 3.05) is 12.4 Å². The highest BCUT2D eigenvalue weighted by atomic mass is 16.5. The van der Waals surface area contributed by atoms with E-state index >= 15 is 0 Å². The Kier molecular flexibility index (Phi) is 2.91. The van der Waals surface area contributed by atoms with Gasteiger partial charge in [0.15, 0.2) is 0 Å². The third-order valence-corrected chi connectivity index (χ3v) is 2.94. The molecule has 6 nitrogen and oxygen atoms in total. The first-order valence-corrected chi connectivity index (χ1v) is 6.05. The molecule has 1 aliphatic rings. The molecular weight excluding hydrogens is 246 g/mol. The Morgan fingerprint density at radius 2 is 2.16 bits per heavy atom. The number of hydrogen-bond acceptors (Lipinski definition) is 5. The minimum Gasteiger partial charge on any atom is -0.496 e. The van der Waals surface area contributed by atoms with E-state index < -0.39 is 0 Å². The molecule has 1 aromatic heterocycles. The zero-order valence-electron chi connectivity index (χ0n) is 10.4. The van der Waals surface area contributed by atoms with Gasteiger partial charge in [0.25, 0.3) is 5.89 Å². The van der Waals surface area contributed by atoms with Crippen LogP contribution in [0.4, 0.5) is 6.01 Å². The molecule has 0 bridgehead atoms. The molecule has 2 aromatic rings. The third-order valence-electron chi connectivity index (χ3n) is 2.94. The number of methoxy groups -OCH3 is 1. The van der Waals surface area contributed by atoms with E-state index in [2.05, 4.69) is 15.5 Å². The molecule has 1 aliphatic carbocycles. The highest BCUT2D eigenvalue weighted by Crippen LogP contribution is 2.31. The molecule has 1 amide bonds. The number of carbonyl (C=O) groups excluding carboxylic acids is 1. The first kappa shape index (κ1) is 11.7. The van der Waals surface area contributed by atoms with E-state index in [1.165, 1.54) is 0 Å². The molecule has 1 fully saturated rings. The molecule has 0 aliphatic heterocycles. The summed E-state index contributed by atoms with van der Waals surface area (Å²) in [6.07, 6.45) is 1.86. The van der Waals surface area contributed by atoms with Gasteiger partial charge in [-0.2, -0.15) is 0 Å². The number of nitrogens with one attached hydrogen (secondary N) is 1. The highest BCUT2D eigenvalue weighted by Gasteiger charge is 2.30. The second kappa shape index (κ2) is 4.72. The van der Waals surface area contributed by atoms with Crippen molar-refractivity contribution in [2.45, 2.75) is 12.8 Å². The van der Waals surface area contributed by atoms with Crippen LogP contribution in [0, 0.1) is 5.92 Å². The lowest BCUT2D eigenvalue weighted by atomic mass is 10.2. The van der Waals surface area contributed by atoms with Crippen LogP contribution in [0.15, 0.2) is 28.7 Å². The van der Waals surface area contributed by atoms with Crippen LogP contribution in [-0.4, -0.2) is 23.2 Å². The van der Waals surface area contributed by atoms with E-state index in [0.717, 1.165) is 12.8 Å². The number of aromatic nitrogens is 2. The maximum atomic E-state index is 11.6. The molecule has 6 heteroatoms. The van der Waals surface area contributed by atoms with Crippen molar-refractivity contribution in [1.29, 1.82) is 0 Å². The van der Waals surface area contributed by atoms with Crippen molar-refractivity contribution < 1.29 is 13.9 Å². The van der Waals surface area contributed by atoms with E-state index in [1.54, 1.807) is 7.11 Å². The van der Waals surface area contributed by atoms with E-state index in [1.807, 2.05) is 24.3 Å². The number of amides is 1. The largest absolute Gasteiger partial charge is 0.496 e. The van der Waals surface area contributed by atoms with Gasteiger partial charge in [-0.3, -0.25) is 10.1 Å². The van der Waals surface area contributed by atoms with E-state index in [9.17, 15) is 4.79 Å². The number of hydrogen-bond donors (Lipinski definition) is 1. The van der Waals surface area contributed by atoms with Crippen molar-refractivity contribution in [3.8, 4) is 17.2 Å². The second-order valence-corrected chi connectivity index (χ2v) is 4.38. The molecule has 0 saturated heterocycles. The summed E-state index contributed by atoms with van der Waals surface area (Å²) < 4.78 is 10.6. The summed E-state index contributed by atoms with van der Waals surface area (Å²) >= 11 is 0. The van der Waals surface area contributed by atoms with Crippen LogP contribution in [0.1, 0.15) is 12.8 Å². The van der Waals surface area contributed by atoms with Crippen LogP contribution in [-0.2, 0) is 4.79 Å². The van der Waals surface area contributed by atoms with Crippen LogP contribution in [0.3, 0.4) is 0 Å². The van der Waals surface area contributed by atoms with Crippen molar-refractivity contribution in [1.82, 2.24) is 10.2 Å². The number of para-hydroxylation sites is 1. The zero-order valence-corrected chi connectivity index (χ0v) is 10.4. The third kappa shape index (κ3) is 2.42. The van der Waals surface area contributed by atoms with Crippen LogP contribution >= 0.6 is 0 Å². The highest BCUT2D eigenvalue weighted by molar-refractivity contribution is 5.92. The molecular formula is C13H13N3O3. The normalized spacial score (nSPS) is 14.2. The van der Waals surface area contributed by atoms with Crippen LogP contribution < -0.4 is 10.1 Å². The summed E-state index contributed by atoms with van der Waals surface area (Å²) in [6, 6.07) is 7.46. The number of benzene rings is 1. The molecule has 3 rings (SSSR count). The lowest BCUT2D eigenvalue weighted by molar-refractivity contribution is -0.117. The fraction of sp³-hybridized carbons (Fsp3) is 0.308. The minimum atomic E-state index is -0.0600. The van der Waals surface area contributed by atoms with Gasteiger partial charge in [0.1, 0.15) is 5.75 Å². The predicted molar refractivity (Wildman–Crippen MR) is 67.6 cm³/mol. The Morgan fingerprint density at radius 3 is 2.89 bits per heavy atom. The smallest absolute Gasteiger partial charge is 0.322 e. The first-order chi connectivity index (χ1) is 9.28. The molecule has 0 unspecified atom stereocenters. The number of rotatable bonds is 4. The lowest BCUT2D eigenvalue weighted by Gasteiger charge is -2.03. The molecule has 0 spiro atoms. The minimum absolute atomic E-state index is 0.0600. The summed E-state index contributed by atoms with van der Waals surface area (Å²) in [7, 11) is 1.57. The van der Waals surface area contributed by atoms with Crippen molar-refractivity contribution in [3.05, 3.63) is 24.3 Å². The van der Waals surface area contributed by atoms with E-state index in [4.69, 9.17) is 9.15 Å². The number of carbonyl (C=O) groups is 1. The summed E-state index contributed by atoms with van der Waals surface area (Å²) in [5, 5.41) is 10.3. The van der Waals surface area contributed by atoms with Gasteiger partial charge >= 0.3 is 6.01 Å². The van der Waals surface area contributed by atoms with Crippen molar-refractivity contribution >= 4 is 11.9 Å². The summed E-state index contributed by atoms with van der Waals surface area (Å²) in [5.74, 6) is 1.01. The zero-order chi connectivity index (χ0) is 13.2. The van der Waals surface area contributed by atoms with Gasteiger partial charge in [-0.25, -0.2) is 0 Å². The fourth-order valence-electron chi connectivity index (χ4n) is 1.76. The van der Waals surface area contributed by atoms with Crippen LogP contribution in [0.2, 0.25) is 0 Å². The quantitative estimate of drug-likeness (QED) is 0.909. The molecule has 0 atom stereocenters. The van der Waals surface area contributed by atoms with Gasteiger partial charge in [0.05, 0.1) is 12.7 Å². The van der Waals surface area contributed by atoms with Gasteiger partial charge < -0.3 is 9.15 Å². The van der Waals surface area contributed by atoms with Gasteiger partial charge in [-0.15, -0.1) is 5.10 Å². The molecule has 98 valence electrons. The van der Waals surface area contributed by atoms with Crippen LogP contribution in [0.25, 0.3) is 11.5 Å². The molecule has 1 aromatic carbocycles. The average Bonchev–Trinajstić information content (AvgIpc) is 3.20. The Balaban J connectivity index is 1.82. The Bertz CT molecular complexity index is 605. The van der Waals surface area contributed by atoms with E-state index in [-0.39, 0.29) is 17.8 Å². The Hall–Kier alpha value is -2.37. The van der Waals surface area contributed by atoms with Crippen LogP contribution in [0.5, 0.6) is 5.75 Å². The molecule has 19 heavy (non-hydrogen) atoms. The van der Waals surface area contributed by atoms with Crippen molar-refractivity contribution in [3.63, 3.8) is 0 Å². The second-order valence-electron chi connectivity index (χ2n) is 4.38. The van der Waals surface area contributed by atoms with Gasteiger partial charge in [0.2, 0.25) is 5.91 Å². The Labute approximate surface area is 109 Å². The SMILES string of the molecule is COc1ccccc1-c1nnc(NC(=O)C2CC2)o1. The summed E-state index contributed by atoms with van der Waals surface area (Å²) in [5.41, 5.74) is 0.699. The van der Waals surface area contributed by atoms with Gasteiger partial charge in [-0.05, 0) is 25.0 Å². The average molecular weight is 259 g/mol. The Morgan fingerprint density at radius 1 is 1.37 bits per heavy atom. The number of ether oxygens (including phenoxy) is 1. The van der Waals surface area contributed by atoms with Crippen molar-refractivity contribution in [2.24, 2.45) is 5.92 Å². The van der Waals surface area contributed by atoms with Gasteiger partial charge in [-0.1, -0.05) is 17.2 Å². The molecule has 1 N–H and O–H groups in total. The summed E-state index contributed by atoms with van der Waals surface area (Å²) in [4.78, 5) is 11.6. The van der Waals surface area contributed by atoms with E-state index in [0.29, 0.717) is 17.2 Å². The maximum absolute atomic E-state index is 11.6. The summed E-state index contributed by atoms with van der Waals surface area (Å²) in [6.45, 7) is 0. The number of anilines is 1.